The van der Waals surface area contributed by atoms with Crippen molar-refractivity contribution in [1.82, 2.24) is 5.32 Å². The van der Waals surface area contributed by atoms with Gasteiger partial charge in [0.25, 0.3) is 0 Å². The molecule has 0 saturated heterocycles. The van der Waals surface area contributed by atoms with Crippen LogP contribution in [0, 0.1) is 11.8 Å². The van der Waals surface area contributed by atoms with Crippen LogP contribution in [0.15, 0.2) is 42.4 Å². The van der Waals surface area contributed by atoms with E-state index in [-0.39, 0.29) is 23.6 Å². The number of amides is 1. The van der Waals surface area contributed by atoms with E-state index in [0.29, 0.717) is 12.2 Å². The predicted octanol–water partition coefficient (Wildman–Crippen LogP) is 2.18. The molecule has 0 spiro atoms. The molecule has 8 heteroatoms. The third kappa shape index (κ3) is 6.32. The van der Waals surface area contributed by atoms with E-state index in [2.05, 4.69) is 5.32 Å². The topological polar surface area (TPSA) is 102 Å². The van der Waals surface area contributed by atoms with Gasteiger partial charge in [-0.3, -0.25) is 14.4 Å². The minimum absolute atomic E-state index is 0.0698. The average molecular weight is 393 g/mol. The number of hydrogen-bond donors (Lipinski definition) is 2. The Hall–Kier alpha value is -2.48. The van der Waals surface area contributed by atoms with Gasteiger partial charge in [-0.25, -0.2) is 0 Å². The second-order valence-corrected chi connectivity index (χ2v) is 7.42. The van der Waals surface area contributed by atoms with Crippen molar-refractivity contribution in [2.45, 2.75) is 26.3 Å². The number of hydrogen-bond acceptors (Lipinski definition) is 6. The Labute approximate surface area is 162 Å². The molecule has 146 valence electrons. The van der Waals surface area contributed by atoms with Gasteiger partial charge >= 0.3 is 5.97 Å². The molecule has 1 aromatic rings. The molecule has 0 aliphatic carbocycles. The van der Waals surface area contributed by atoms with Crippen LogP contribution in [-0.4, -0.2) is 40.7 Å². The lowest BCUT2D eigenvalue weighted by molar-refractivity contribution is -0.142. The number of aliphatic carboxylic acids is 1. The number of benzene rings is 1. The normalized spacial score (nSPS) is 16.3. The van der Waals surface area contributed by atoms with Crippen LogP contribution in [0.2, 0.25) is 0 Å². The Bertz CT molecular complexity index is 705. The van der Waals surface area contributed by atoms with Gasteiger partial charge in [-0.15, -0.1) is 0 Å². The summed E-state index contributed by atoms with van der Waals surface area (Å²) in [5.74, 6) is -1.87. The molecule has 3 atom stereocenters. The van der Waals surface area contributed by atoms with E-state index < -0.39 is 23.8 Å². The molecular formula is C19H23NO6S. The Balaban J connectivity index is 2.28. The first-order valence-corrected chi connectivity index (χ1v) is 9.52. The molecule has 7 nitrogen and oxygen atoms in total. The van der Waals surface area contributed by atoms with Crippen molar-refractivity contribution in [2.75, 3.05) is 12.5 Å². The molecule has 0 bridgehead atoms. The number of carboxylic acids is 1. The fourth-order valence-corrected chi connectivity index (χ4v) is 3.52. The lowest BCUT2D eigenvalue weighted by Crippen LogP contribution is -2.45. The molecule has 1 aliphatic rings. The molecule has 0 saturated carbocycles. The van der Waals surface area contributed by atoms with Crippen molar-refractivity contribution in [3.8, 4) is 0 Å². The number of rotatable bonds is 9. The van der Waals surface area contributed by atoms with E-state index in [4.69, 9.17) is 14.6 Å². The first-order chi connectivity index (χ1) is 12.9. The van der Waals surface area contributed by atoms with Gasteiger partial charge in [-0.1, -0.05) is 42.1 Å². The molecule has 27 heavy (non-hydrogen) atoms. The number of thioether (sulfide) groups is 1. The quantitative estimate of drug-likeness (QED) is 0.663. The molecule has 2 N–H and O–H groups in total. The SMILES string of the molecule is CC(=O)SCC(C(=O)N[C@@H](C)C(=O)O)C(Cc1ccccc1)C1=COCO1. The summed E-state index contributed by atoms with van der Waals surface area (Å²) in [5, 5.41) is 11.5. The number of carbonyl (C=O) groups excluding carboxylic acids is 2. The van der Waals surface area contributed by atoms with E-state index in [1.54, 1.807) is 0 Å². The lowest BCUT2D eigenvalue weighted by atomic mass is 9.85. The fourth-order valence-electron chi connectivity index (χ4n) is 2.72. The van der Waals surface area contributed by atoms with Gasteiger partial charge in [0, 0.05) is 18.6 Å². The number of carboxylic acid groups (broad SMARTS) is 1. The Morgan fingerprint density at radius 3 is 2.52 bits per heavy atom. The zero-order chi connectivity index (χ0) is 19.8. The van der Waals surface area contributed by atoms with Crippen LogP contribution in [0.5, 0.6) is 0 Å². The van der Waals surface area contributed by atoms with E-state index in [1.165, 1.54) is 20.1 Å². The second kappa shape index (κ2) is 10.0. The van der Waals surface area contributed by atoms with Crippen LogP contribution in [0.1, 0.15) is 19.4 Å². The average Bonchev–Trinajstić information content (AvgIpc) is 3.15. The summed E-state index contributed by atoms with van der Waals surface area (Å²) in [4.78, 5) is 35.4. The van der Waals surface area contributed by atoms with E-state index in [0.717, 1.165) is 17.3 Å². The number of nitrogens with one attached hydrogen (secondary N) is 1. The summed E-state index contributed by atoms with van der Waals surface area (Å²) in [6.45, 7) is 2.90. The molecule has 0 aromatic heterocycles. The second-order valence-electron chi connectivity index (χ2n) is 6.22. The van der Waals surface area contributed by atoms with E-state index >= 15 is 0 Å². The molecule has 1 amide bonds. The number of ether oxygens (including phenoxy) is 2. The van der Waals surface area contributed by atoms with Crippen molar-refractivity contribution in [3.63, 3.8) is 0 Å². The van der Waals surface area contributed by atoms with Crippen LogP contribution in [-0.2, 0) is 30.3 Å². The van der Waals surface area contributed by atoms with Crippen molar-refractivity contribution in [1.29, 1.82) is 0 Å². The summed E-state index contributed by atoms with van der Waals surface area (Å²) >= 11 is 1.03. The van der Waals surface area contributed by atoms with Gasteiger partial charge in [0.2, 0.25) is 12.7 Å². The largest absolute Gasteiger partial charge is 0.480 e. The lowest BCUT2D eigenvalue weighted by Gasteiger charge is -2.26. The molecule has 1 heterocycles. The van der Waals surface area contributed by atoms with Gasteiger partial charge in [0.15, 0.2) is 5.12 Å². The zero-order valence-corrected chi connectivity index (χ0v) is 16.0. The van der Waals surface area contributed by atoms with Crippen molar-refractivity contribution < 1.29 is 29.0 Å². The zero-order valence-electron chi connectivity index (χ0n) is 15.2. The predicted molar refractivity (Wildman–Crippen MR) is 101 cm³/mol. The van der Waals surface area contributed by atoms with Crippen LogP contribution >= 0.6 is 11.8 Å². The van der Waals surface area contributed by atoms with Crippen LogP contribution in [0.25, 0.3) is 0 Å². The molecule has 1 aliphatic heterocycles. The summed E-state index contributed by atoms with van der Waals surface area (Å²) in [5.41, 5.74) is 0.996. The first-order valence-electron chi connectivity index (χ1n) is 8.53. The van der Waals surface area contributed by atoms with Gasteiger partial charge in [0.1, 0.15) is 18.1 Å². The highest BCUT2D eigenvalue weighted by molar-refractivity contribution is 8.13. The summed E-state index contributed by atoms with van der Waals surface area (Å²) in [6, 6.07) is 8.55. The standard InChI is InChI=1S/C19H23NO6S/c1-12(19(23)24)20-18(22)16(10-27-13(2)21)15(17-9-25-11-26-17)8-14-6-4-3-5-7-14/h3-7,9,12,15-16H,8,10-11H2,1-2H3,(H,20,22)(H,23,24)/t12-,15?,16?/m0/s1. The third-order valence-electron chi connectivity index (χ3n) is 4.17. The number of carbonyl (C=O) groups is 3. The highest BCUT2D eigenvalue weighted by Crippen LogP contribution is 2.31. The third-order valence-corrected chi connectivity index (χ3v) is 5.11. The smallest absolute Gasteiger partial charge is 0.325 e. The van der Waals surface area contributed by atoms with Gasteiger partial charge in [-0.05, 0) is 18.9 Å². The molecular weight excluding hydrogens is 370 g/mol. The maximum Gasteiger partial charge on any atom is 0.325 e. The highest BCUT2D eigenvalue weighted by Gasteiger charge is 2.35. The van der Waals surface area contributed by atoms with Gasteiger partial charge < -0.3 is 19.9 Å². The molecule has 0 radical (unpaired) electrons. The summed E-state index contributed by atoms with van der Waals surface area (Å²) in [7, 11) is 0. The monoisotopic (exact) mass is 393 g/mol. The Morgan fingerprint density at radius 1 is 1.26 bits per heavy atom. The summed E-state index contributed by atoms with van der Waals surface area (Å²) < 4.78 is 10.7. The maximum absolute atomic E-state index is 12.8. The van der Waals surface area contributed by atoms with Crippen LogP contribution in [0.4, 0.5) is 0 Å². The summed E-state index contributed by atoms with van der Waals surface area (Å²) in [6.07, 6.45) is 1.97. The minimum atomic E-state index is -1.12. The molecule has 0 fully saturated rings. The van der Waals surface area contributed by atoms with Crippen LogP contribution in [0.3, 0.4) is 0 Å². The first kappa shape index (κ1) is 20.8. The minimum Gasteiger partial charge on any atom is -0.480 e. The van der Waals surface area contributed by atoms with Crippen LogP contribution < -0.4 is 5.32 Å². The number of allylic oxidation sites excluding steroid dienone is 1. The van der Waals surface area contributed by atoms with Gasteiger partial charge in [-0.2, -0.15) is 0 Å². The molecule has 2 unspecified atom stereocenters. The highest BCUT2D eigenvalue weighted by atomic mass is 32.2. The maximum atomic E-state index is 12.8. The molecule has 2 rings (SSSR count). The van der Waals surface area contributed by atoms with Crippen molar-refractivity contribution in [2.24, 2.45) is 11.8 Å². The Morgan fingerprint density at radius 2 is 1.96 bits per heavy atom. The van der Waals surface area contributed by atoms with Gasteiger partial charge in [0.05, 0.1) is 5.92 Å². The van der Waals surface area contributed by atoms with Crippen molar-refractivity contribution in [3.05, 3.63) is 47.9 Å². The fraction of sp³-hybridized carbons (Fsp3) is 0.421. The molecule has 1 aromatic carbocycles. The Kier molecular flexibility index (Phi) is 7.72. The van der Waals surface area contributed by atoms with Crippen molar-refractivity contribution >= 4 is 28.8 Å². The van der Waals surface area contributed by atoms with E-state index in [9.17, 15) is 14.4 Å². The van der Waals surface area contributed by atoms with E-state index in [1.807, 2.05) is 30.3 Å².